The highest BCUT2D eigenvalue weighted by Crippen LogP contribution is 2.55. The molecule has 0 radical (unpaired) electrons. The molecule has 0 heterocycles. The molecule has 2 fully saturated rings. The lowest BCUT2D eigenvalue weighted by Crippen LogP contribution is -2.61. The van der Waals surface area contributed by atoms with E-state index in [2.05, 4.69) is 17.6 Å². The molecule has 0 aromatic heterocycles. The number of rotatable bonds is 25. The second-order valence-electron chi connectivity index (χ2n) is 14.1. The lowest BCUT2D eigenvalue weighted by atomic mass is 9.52. The zero-order chi connectivity index (χ0) is 31.4. The molecule has 0 unspecified atom stereocenters. The Morgan fingerprint density at radius 1 is 0.605 bits per heavy atom. The van der Waals surface area contributed by atoms with Crippen molar-refractivity contribution in [1.29, 1.82) is 0 Å². The van der Waals surface area contributed by atoms with Gasteiger partial charge in [-0.25, -0.2) is 0 Å². The molecule has 2 amide bonds. The van der Waals surface area contributed by atoms with Crippen molar-refractivity contribution >= 4 is 17.8 Å². The van der Waals surface area contributed by atoms with Gasteiger partial charge in [-0.05, 0) is 58.3 Å². The highest BCUT2D eigenvalue weighted by atomic mass is 16.6. The summed E-state index contributed by atoms with van der Waals surface area (Å²) in [5.41, 5.74) is -0.164. The topological polar surface area (TPSA) is 103 Å². The largest absolute Gasteiger partial charge is 0.460 e. The monoisotopic (exact) mass is 608 g/mol. The molecule has 2 saturated carbocycles. The maximum Gasteiger partial charge on any atom is 0.308 e. The van der Waals surface area contributed by atoms with E-state index in [0.717, 1.165) is 38.5 Å². The SMILES string of the molecule is CCCCCCCCCCCCCCCC(=O)NC1CC2(C1)CC(NC(=O)CCOCCOCCC(=O)OC(C)(C)C)C2. The fraction of sp³-hybridized carbons (Fsp3) is 0.914. The van der Waals surface area contributed by atoms with E-state index in [1.54, 1.807) is 0 Å². The third kappa shape index (κ3) is 18.0. The van der Waals surface area contributed by atoms with Gasteiger partial charge in [0.05, 0.1) is 32.8 Å². The summed E-state index contributed by atoms with van der Waals surface area (Å²) in [6.45, 7) is 9.21. The predicted octanol–water partition coefficient (Wildman–Crippen LogP) is 7.17. The summed E-state index contributed by atoms with van der Waals surface area (Å²) in [7, 11) is 0. The van der Waals surface area contributed by atoms with E-state index < -0.39 is 5.60 Å². The van der Waals surface area contributed by atoms with Crippen LogP contribution in [0.3, 0.4) is 0 Å². The van der Waals surface area contributed by atoms with Crippen LogP contribution >= 0.6 is 0 Å². The van der Waals surface area contributed by atoms with Gasteiger partial charge in [0.2, 0.25) is 11.8 Å². The molecule has 43 heavy (non-hydrogen) atoms. The molecular formula is C35H64N2O6. The van der Waals surface area contributed by atoms with Crippen molar-refractivity contribution in [3.05, 3.63) is 0 Å². The zero-order valence-electron chi connectivity index (χ0n) is 28.1. The standard InChI is InChI=1S/C35H64N2O6/c1-5-6-7-8-9-10-11-12-13-14-15-16-17-18-31(38)36-29-25-35(26-29)27-30(28-35)37-32(39)19-21-41-23-24-42-22-20-33(40)43-34(2,3)4/h29-30H,5-28H2,1-4H3,(H,36,38)(H,37,39). The molecular weight excluding hydrogens is 544 g/mol. The van der Waals surface area contributed by atoms with Crippen molar-refractivity contribution in [2.75, 3.05) is 26.4 Å². The number of hydrogen-bond donors (Lipinski definition) is 2. The van der Waals surface area contributed by atoms with E-state index in [4.69, 9.17) is 14.2 Å². The van der Waals surface area contributed by atoms with Gasteiger partial charge in [-0.2, -0.15) is 0 Å². The van der Waals surface area contributed by atoms with E-state index in [1.807, 2.05) is 20.8 Å². The summed E-state index contributed by atoms with van der Waals surface area (Å²) in [6.07, 6.45) is 22.5. The van der Waals surface area contributed by atoms with Crippen LogP contribution in [0.5, 0.6) is 0 Å². The van der Waals surface area contributed by atoms with Gasteiger partial charge in [-0.1, -0.05) is 84.0 Å². The highest BCUT2D eigenvalue weighted by Gasteiger charge is 2.53. The van der Waals surface area contributed by atoms with Crippen LogP contribution in [-0.4, -0.2) is 61.9 Å². The van der Waals surface area contributed by atoms with Crippen molar-refractivity contribution in [1.82, 2.24) is 10.6 Å². The Labute approximate surface area is 262 Å². The van der Waals surface area contributed by atoms with Crippen LogP contribution in [0.15, 0.2) is 0 Å². The van der Waals surface area contributed by atoms with Crippen LogP contribution in [-0.2, 0) is 28.6 Å². The van der Waals surface area contributed by atoms with Crippen LogP contribution in [0, 0.1) is 5.41 Å². The summed E-state index contributed by atoms with van der Waals surface area (Å²) < 4.78 is 16.1. The molecule has 0 aromatic carbocycles. The highest BCUT2D eigenvalue weighted by molar-refractivity contribution is 5.77. The summed E-state index contributed by atoms with van der Waals surface area (Å²) in [5.74, 6) is -0.0431. The van der Waals surface area contributed by atoms with E-state index in [1.165, 1.54) is 70.6 Å². The van der Waals surface area contributed by atoms with Gasteiger partial charge in [0, 0.05) is 24.9 Å². The van der Waals surface area contributed by atoms with Crippen molar-refractivity contribution in [2.24, 2.45) is 5.41 Å². The first-order chi connectivity index (χ1) is 20.6. The molecule has 0 saturated heterocycles. The Morgan fingerprint density at radius 2 is 1.02 bits per heavy atom. The fourth-order valence-electron chi connectivity index (χ4n) is 6.45. The second kappa shape index (κ2) is 21.1. The molecule has 0 aliphatic heterocycles. The molecule has 250 valence electrons. The zero-order valence-corrected chi connectivity index (χ0v) is 28.1. The van der Waals surface area contributed by atoms with Crippen LogP contribution in [0.2, 0.25) is 0 Å². The lowest BCUT2D eigenvalue weighted by molar-refractivity contribution is -0.156. The minimum atomic E-state index is -0.482. The number of esters is 1. The Balaban J connectivity index is 1.34. The van der Waals surface area contributed by atoms with Crippen molar-refractivity contribution in [3.63, 3.8) is 0 Å². The number of carbonyl (C=O) groups excluding carboxylic acids is 3. The molecule has 0 atom stereocenters. The molecule has 8 heteroatoms. The van der Waals surface area contributed by atoms with Crippen molar-refractivity contribution in [2.45, 2.75) is 174 Å². The Morgan fingerprint density at radius 3 is 1.49 bits per heavy atom. The third-order valence-corrected chi connectivity index (χ3v) is 8.67. The number of unbranched alkanes of at least 4 members (excludes halogenated alkanes) is 12. The molecule has 2 aliphatic rings. The first-order valence-corrected chi connectivity index (χ1v) is 17.6. The predicted molar refractivity (Wildman–Crippen MR) is 172 cm³/mol. The Kier molecular flexibility index (Phi) is 18.4. The summed E-state index contributed by atoms with van der Waals surface area (Å²) in [4.78, 5) is 36.2. The molecule has 0 aromatic rings. The maximum absolute atomic E-state index is 12.3. The fourth-order valence-corrected chi connectivity index (χ4v) is 6.45. The average Bonchev–Trinajstić information content (AvgIpc) is 2.89. The van der Waals surface area contributed by atoms with Gasteiger partial charge >= 0.3 is 5.97 Å². The van der Waals surface area contributed by atoms with E-state index in [9.17, 15) is 14.4 Å². The van der Waals surface area contributed by atoms with E-state index in [-0.39, 0.29) is 30.2 Å². The normalized spacial score (nSPS) is 21.2. The number of ether oxygens (including phenoxy) is 3. The van der Waals surface area contributed by atoms with Crippen LogP contribution < -0.4 is 10.6 Å². The van der Waals surface area contributed by atoms with Crippen LogP contribution in [0.1, 0.15) is 156 Å². The first kappa shape index (κ1) is 37.5. The van der Waals surface area contributed by atoms with Gasteiger partial charge in [0.15, 0.2) is 0 Å². The van der Waals surface area contributed by atoms with Gasteiger partial charge in [-0.15, -0.1) is 0 Å². The van der Waals surface area contributed by atoms with Crippen LogP contribution in [0.4, 0.5) is 0 Å². The Bertz CT molecular complexity index is 782. The minimum Gasteiger partial charge on any atom is -0.460 e. The smallest absolute Gasteiger partial charge is 0.308 e. The third-order valence-electron chi connectivity index (χ3n) is 8.67. The van der Waals surface area contributed by atoms with Gasteiger partial charge < -0.3 is 24.8 Å². The molecule has 8 nitrogen and oxygen atoms in total. The maximum atomic E-state index is 12.3. The number of amides is 2. The average molecular weight is 609 g/mol. The van der Waals surface area contributed by atoms with Crippen LogP contribution in [0.25, 0.3) is 0 Å². The molecule has 0 bridgehead atoms. The number of carbonyl (C=O) groups is 3. The van der Waals surface area contributed by atoms with Gasteiger partial charge in [0.25, 0.3) is 0 Å². The van der Waals surface area contributed by atoms with Crippen molar-refractivity contribution < 1.29 is 28.6 Å². The summed E-state index contributed by atoms with van der Waals surface area (Å²) in [6, 6.07) is 0.553. The first-order valence-electron chi connectivity index (χ1n) is 17.6. The van der Waals surface area contributed by atoms with Gasteiger partial charge in [0.1, 0.15) is 5.60 Å². The molecule has 2 rings (SSSR count). The lowest BCUT2D eigenvalue weighted by Gasteiger charge is -2.57. The Hall–Kier alpha value is -1.67. The van der Waals surface area contributed by atoms with Gasteiger partial charge in [-0.3, -0.25) is 14.4 Å². The molecule has 1 spiro atoms. The minimum absolute atomic E-state index is 0.0210. The molecule has 2 aliphatic carbocycles. The summed E-state index contributed by atoms with van der Waals surface area (Å²) in [5, 5.41) is 6.35. The molecule has 2 N–H and O–H groups in total. The van der Waals surface area contributed by atoms with E-state index in [0.29, 0.717) is 50.7 Å². The quantitative estimate of drug-likeness (QED) is 0.0842. The van der Waals surface area contributed by atoms with E-state index >= 15 is 0 Å². The van der Waals surface area contributed by atoms with Crippen molar-refractivity contribution in [3.8, 4) is 0 Å². The number of nitrogens with one attached hydrogen (secondary N) is 2. The second-order valence-corrected chi connectivity index (χ2v) is 14.1. The summed E-state index contributed by atoms with van der Waals surface area (Å²) >= 11 is 0. The number of hydrogen-bond acceptors (Lipinski definition) is 6.